The average molecular weight is 277 g/mol. The number of hydrogen-bond donors (Lipinski definition) is 2. The Labute approximate surface area is 122 Å². The Balaban J connectivity index is 2.14. The van der Waals surface area contributed by atoms with Gasteiger partial charge in [0.2, 0.25) is 0 Å². The third-order valence-electron chi connectivity index (χ3n) is 4.42. The summed E-state index contributed by atoms with van der Waals surface area (Å²) in [6.45, 7) is 3.22. The number of aromatic nitrogens is 1. The highest BCUT2D eigenvalue weighted by Gasteiger charge is 2.41. The Hall–Kier alpha value is -1.13. The molecule has 112 valence electrons. The van der Waals surface area contributed by atoms with Gasteiger partial charge in [-0.15, -0.1) is 0 Å². The van der Waals surface area contributed by atoms with E-state index >= 15 is 0 Å². The summed E-state index contributed by atoms with van der Waals surface area (Å²) in [4.78, 5) is 4.07. The normalized spacial score (nSPS) is 19.1. The number of nitrogens with two attached hydrogens (primary N) is 1. The molecule has 0 spiro atoms. The van der Waals surface area contributed by atoms with Crippen molar-refractivity contribution >= 4 is 5.82 Å². The fourth-order valence-electron chi connectivity index (χ4n) is 3.29. The molecule has 1 atom stereocenters. The van der Waals surface area contributed by atoms with E-state index in [2.05, 4.69) is 23.3 Å². The SMILES string of the molecule is CCCNC(Cc1ccnc(N)c1)C1(OC)CCCC1. The highest BCUT2D eigenvalue weighted by atomic mass is 16.5. The molecule has 0 saturated heterocycles. The lowest BCUT2D eigenvalue weighted by atomic mass is 9.87. The molecule has 1 aromatic rings. The highest BCUT2D eigenvalue weighted by molar-refractivity contribution is 5.32. The van der Waals surface area contributed by atoms with Gasteiger partial charge in [0.15, 0.2) is 0 Å². The van der Waals surface area contributed by atoms with Crippen LogP contribution in [0, 0.1) is 0 Å². The van der Waals surface area contributed by atoms with E-state index in [1.807, 2.05) is 13.2 Å². The zero-order valence-electron chi connectivity index (χ0n) is 12.7. The second-order valence-electron chi connectivity index (χ2n) is 5.78. The predicted octanol–water partition coefficient (Wildman–Crippen LogP) is 2.53. The van der Waals surface area contributed by atoms with Crippen molar-refractivity contribution < 1.29 is 4.74 Å². The maximum atomic E-state index is 5.95. The van der Waals surface area contributed by atoms with Crippen molar-refractivity contribution in [3.63, 3.8) is 0 Å². The van der Waals surface area contributed by atoms with Crippen LogP contribution in [0.3, 0.4) is 0 Å². The summed E-state index contributed by atoms with van der Waals surface area (Å²) in [6.07, 6.45) is 8.68. The molecule has 1 fully saturated rings. The topological polar surface area (TPSA) is 60.2 Å². The Morgan fingerprint density at radius 1 is 1.45 bits per heavy atom. The van der Waals surface area contributed by atoms with Gasteiger partial charge in [-0.05, 0) is 49.9 Å². The third-order valence-corrected chi connectivity index (χ3v) is 4.42. The Morgan fingerprint density at radius 2 is 2.20 bits per heavy atom. The Morgan fingerprint density at radius 3 is 2.80 bits per heavy atom. The summed E-state index contributed by atoms with van der Waals surface area (Å²) in [5.74, 6) is 0.592. The summed E-state index contributed by atoms with van der Waals surface area (Å²) in [7, 11) is 1.85. The number of methoxy groups -OCH3 is 1. The minimum atomic E-state index is -0.0206. The molecule has 1 unspecified atom stereocenters. The number of rotatable bonds is 7. The van der Waals surface area contributed by atoms with Crippen LogP contribution >= 0.6 is 0 Å². The van der Waals surface area contributed by atoms with Crippen molar-refractivity contribution in [1.82, 2.24) is 10.3 Å². The maximum absolute atomic E-state index is 5.95. The van der Waals surface area contributed by atoms with Crippen molar-refractivity contribution in [2.24, 2.45) is 0 Å². The first-order valence-corrected chi connectivity index (χ1v) is 7.69. The molecule has 20 heavy (non-hydrogen) atoms. The fraction of sp³-hybridized carbons (Fsp3) is 0.688. The molecule has 1 aliphatic rings. The monoisotopic (exact) mass is 277 g/mol. The molecule has 2 rings (SSSR count). The largest absolute Gasteiger partial charge is 0.384 e. The lowest BCUT2D eigenvalue weighted by molar-refractivity contribution is -0.0354. The van der Waals surface area contributed by atoms with Crippen LogP contribution in [0.4, 0.5) is 5.82 Å². The van der Waals surface area contributed by atoms with Crippen LogP contribution in [0.1, 0.15) is 44.6 Å². The first-order chi connectivity index (χ1) is 9.70. The molecule has 1 aromatic heterocycles. The number of nitrogens with zero attached hydrogens (tertiary/aromatic N) is 1. The molecule has 4 nitrogen and oxygen atoms in total. The van der Waals surface area contributed by atoms with E-state index in [0.29, 0.717) is 11.9 Å². The molecular formula is C16H27N3O. The summed E-state index contributed by atoms with van der Waals surface area (Å²) >= 11 is 0. The van der Waals surface area contributed by atoms with E-state index < -0.39 is 0 Å². The fourth-order valence-corrected chi connectivity index (χ4v) is 3.29. The number of pyridine rings is 1. The van der Waals surface area contributed by atoms with Crippen molar-refractivity contribution in [2.45, 2.75) is 57.1 Å². The van der Waals surface area contributed by atoms with E-state index in [-0.39, 0.29) is 5.60 Å². The molecule has 0 radical (unpaired) electrons. The van der Waals surface area contributed by atoms with Gasteiger partial charge in [0, 0.05) is 19.3 Å². The smallest absolute Gasteiger partial charge is 0.123 e. The predicted molar refractivity (Wildman–Crippen MR) is 82.6 cm³/mol. The molecule has 3 N–H and O–H groups in total. The van der Waals surface area contributed by atoms with Gasteiger partial charge < -0.3 is 15.8 Å². The summed E-state index contributed by atoms with van der Waals surface area (Å²) in [5.41, 5.74) is 7.00. The van der Waals surface area contributed by atoms with Gasteiger partial charge >= 0.3 is 0 Å². The van der Waals surface area contributed by atoms with E-state index in [4.69, 9.17) is 10.5 Å². The lowest BCUT2D eigenvalue weighted by Crippen LogP contribution is -2.52. The van der Waals surface area contributed by atoms with Crippen LogP contribution in [-0.4, -0.2) is 30.3 Å². The quantitative estimate of drug-likeness (QED) is 0.804. The molecule has 0 aromatic carbocycles. The second kappa shape index (κ2) is 7.04. The summed E-state index contributed by atoms with van der Waals surface area (Å²) < 4.78 is 5.95. The van der Waals surface area contributed by atoms with Crippen molar-refractivity contribution in [3.8, 4) is 0 Å². The number of nitrogen functional groups attached to an aromatic ring is 1. The van der Waals surface area contributed by atoms with Crippen molar-refractivity contribution in [1.29, 1.82) is 0 Å². The number of ether oxygens (including phenoxy) is 1. The molecule has 0 bridgehead atoms. The van der Waals surface area contributed by atoms with E-state index in [1.54, 1.807) is 6.20 Å². The lowest BCUT2D eigenvalue weighted by Gasteiger charge is -2.37. The van der Waals surface area contributed by atoms with Crippen LogP contribution in [-0.2, 0) is 11.2 Å². The van der Waals surface area contributed by atoms with E-state index in [0.717, 1.165) is 32.2 Å². The minimum Gasteiger partial charge on any atom is -0.384 e. The second-order valence-corrected chi connectivity index (χ2v) is 5.78. The van der Waals surface area contributed by atoms with Crippen LogP contribution in [0.25, 0.3) is 0 Å². The van der Waals surface area contributed by atoms with Crippen LogP contribution in [0.5, 0.6) is 0 Å². The van der Waals surface area contributed by atoms with Crippen molar-refractivity contribution in [3.05, 3.63) is 23.9 Å². The summed E-state index contributed by atoms with van der Waals surface area (Å²) in [6, 6.07) is 4.37. The molecule has 1 heterocycles. The maximum Gasteiger partial charge on any atom is 0.123 e. The molecule has 0 amide bonds. The Kier molecular flexibility index (Phi) is 5.38. The molecule has 1 saturated carbocycles. The molecule has 4 heteroatoms. The molecule has 1 aliphatic carbocycles. The van der Waals surface area contributed by atoms with Gasteiger partial charge in [0.25, 0.3) is 0 Å². The van der Waals surface area contributed by atoms with Gasteiger partial charge in [-0.3, -0.25) is 0 Å². The van der Waals surface area contributed by atoms with Crippen LogP contribution in [0.15, 0.2) is 18.3 Å². The zero-order valence-corrected chi connectivity index (χ0v) is 12.7. The van der Waals surface area contributed by atoms with E-state index in [1.165, 1.54) is 18.4 Å². The number of hydrogen-bond acceptors (Lipinski definition) is 4. The first-order valence-electron chi connectivity index (χ1n) is 7.69. The summed E-state index contributed by atoms with van der Waals surface area (Å²) in [5, 5.41) is 3.68. The zero-order chi connectivity index (χ0) is 14.4. The third kappa shape index (κ3) is 3.49. The van der Waals surface area contributed by atoms with E-state index in [9.17, 15) is 0 Å². The first kappa shape index (κ1) is 15.3. The minimum absolute atomic E-state index is 0.0206. The van der Waals surface area contributed by atoms with Crippen LogP contribution in [0.2, 0.25) is 0 Å². The van der Waals surface area contributed by atoms with Crippen LogP contribution < -0.4 is 11.1 Å². The highest BCUT2D eigenvalue weighted by Crippen LogP contribution is 2.36. The van der Waals surface area contributed by atoms with Gasteiger partial charge in [-0.2, -0.15) is 0 Å². The standard InChI is InChI=1S/C16H27N3O/c1-3-9-18-14(16(20-2)7-4-5-8-16)11-13-6-10-19-15(17)12-13/h6,10,12,14,18H,3-5,7-9,11H2,1-2H3,(H2,17,19). The molecular weight excluding hydrogens is 250 g/mol. The van der Waals surface area contributed by atoms with Gasteiger partial charge in [-0.25, -0.2) is 4.98 Å². The van der Waals surface area contributed by atoms with Gasteiger partial charge in [0.1, 0.15) is 5.82 Å². The van der Waals surface area contributed by atoms with Gasteiger partial charge in [-0.1, -0.05) is 19.8 Å². The number of anilines is 1. The number of nitrogens with one attached hydrogen (secondary N) is 1. The van der Waals surface area contributed by atoms with Crippen molar-refractivity contribution in [2.75, 3.05) is 19.4 Å². The Bertz CT molecular complexity index is 416. The molecule has 0 aliphatic heterocycles. The van der Waals surface area contributed by atoms with Gasteiger partial charge in [0.05, 0.1) is 5.60 Å². The average Bonchev–Trinajstić information content (AvgIpc) is 2.93.